The topological polar surface area (TPSA) is 193 Å². The first-order valence-corrected chi connectivity index (χ1v) is 18.2. The van der Waals surface area contributed by atoms with Crippen LogP contribution in [0.1, 0.15) is 56.1 Å². The van der Waals surface area contributed by atoms with Crippen molar-refractivity contribution < 1.29 is 24.3 Å². The minimum absolute atomic E-state index is 0.0709. The van der Waals surface area contributed by atoms with Gasteiger partial charge >= 0.3 is 0 Å². The van der Waals surface area contributed by atoms with Crippen molar-refractivity contribution in [2.45, 2.75) is 86.6 Å². The van der Waals surface area contributed by atoms with Crippen LogP contribution in [0, 0.1) is 0 Å². The second-order valence-electron chi connectivity index (χ2n) is 14.0. The fraction of sp³-hybridized carbons (Fsp3) is 0.395. The van der Waals surface area contributed by atoms with E-state index in [9.17, 15) is 24.3 Å². The predicted molar refractivity (Wildman–Crippen MR) is 199 cm³/mol. The molecule has 0 saturated carbocycles. The standard InChI is InChI=1S/C38H46N8O5S/c1-38(2,3)45-36(51)31-21-26(52-37-40-17-9-18-41-37)16-19-46(31)23-32(47)29(20-24-10-5-4-6-11-24)43-35(50)30(22-33(39)48)44-34(49)28-15-14-25-12-7-8-13-27(25)42-28/h4-15,17-18,26,29-32,47H,16,19-23H2,1-3H3,(H2,39,48)(H,43,50)(H,44,49)(H,45,51)/t26-,29?,30?,31?,32?/m1/s1. The molecule has 13 nitrogen and oxygen atoms in total. The van der Waals surface area contributed by atoms with Crippen LogP contribution >= 0.6 is 11.8 Å². The molecule has 3 heterocycles. The van der Waals surface area contributed by atoms with Gasteiger partial charge in [-0.15, -0.1) is 0 Å². The minimum atomic E-state index is -1.33. The molecule has 4 aromatic rings. The lowest BCUT2D eigenvalue weighted by Gasteiger charge is -2.41. The summed E-state index contributed by atoms with van der Waals surface area (Å²) in [6.07, 6.45) is 3.24. The highest BCUT2D eigenvalue weighted by Crippen LogP contribution is 2.31. The number of para-hydroxylation sites is 1. The number of amides is 4. The number of likely N-dealkylation sites (tertiary alicyclic amines) is 1. The number of piperidine rings is 1. The number of aromatic nitrogens is 3. The van der Waals surface area contributed by atoms with E-state index < -0.39 is 53.9 Å². The minimum Gasteiger partial charge on any atom is -0.390 e. The number of fused-ring (bicyclic) bond motifs is 1. The van der Waals surface area contributed by atoms with E-state index in [1.54, 1.807) is 42.7 Å². The van der Waals surface area contributed by atoms with Gasteiger partial charge in [0.15, 0.2) is 5.16 Å². The third-order valence-corrected chi connectivity index (χ3v) is 9.83. The van der Waals surface area contributed by atoms with Crippen LogP contribution in [0.25, 0.3) is 10.9 Å². The molecular weight excluding hydrogens is 681 g/mol. The van der Waals surface area contributed by atoms with Gasteiger partial charge in [-0.25, -0.2) is 15.0 Å². The summed E-state index contributed by atoms with van der Waals surface area (Å²) in [4.78, 5) is 67.9. The molecule has 6 N–H and O–H groups in total. The number of carbonyl (C=O) groups excluding carboxylic acids is 4. The van der Waals surface area contributed by atoms with Crippen molar-refractivity contribution in [2.75, 3.05) is 13.1 Å². The predicted octanol–water partition coefficient (Wildman–Crippen LogP) is 2.63. The Labute approximate surface area is 307 Å². The molecule has 274 valence electrons. The molecule has 1 fully saturated rings. The van der Waals surface area contributed by atoms with Crippen molar-refractivity contribution in [1.29, 1.82) is 0 Å². The molecule has 1 aliphatic rings. The van der Waals surface area contributed by atoms with Crippen LogP contribution in [0.5, 0.6) is 0 Å². The maximum absolute atomic E-state index is 13.8. The van der Waals surface area contributed by atoms with Crippen molar-refractivity contribution in [1.82, 2.24) is 35.8 Å². The van der Waals surface area contributed by atoms with Crippen molar-refractivity contribution in [3.63, 3.8) is 0 Å². The number of rotatable bonds is 14. The Bertz CT molecular complexity index is 1840. The van der Waals surface area contributed by atoms with Crippen LogP contribution in [0.4, 0.5) is 0 Å². The Morgan fingerprint density at radius 2 is 1.67 bits per heavy atom. The molecule has 52 heavy (non-hydrogen) atoms. The maximum Gasteiger partial charge on any atom is 0.270 e. The first-order chi connectivity index (χ1) is 24.8. The number of primary amides is 1. The molecule has 14 heteroatoms. The van der Waals surface area contributed by atoms with Gasteiger partial charge in [-0.3, -0.25) is 24.1 Å². The van der Waals surface area contributed by atoms with Crippen LogP contribution in [0.15, 0.2) is 90.3 Å². The third-order valence-electron chi connectivity index (χ3n) is 8.65. The summed E-state index contributed by atoms with van der Waals surface area (Å²) in [5.74, 6) is -2.29. The van der Waals surface area contributed by atoms with E-state index in [0.717, 1.165) is 17.4 Å². The fourth-order valence-electron chi connectivity index (χ4n) is 6.17. The molecule has 0 aliphatic carbocycles. The summed E-state index contributed by atoms with van der Waals surface area (Å²) < 4.78 is 0. The van der Waals surface area contributed by atoms with Crippen LogP contribution < -0.4 is 21.7 Å². The highest BCUT2D eigenvalue weighted by molar-refractivity contribution is 7.99. The van der Waals surface area contributed by atoms with Crippen LogP contribution in [-0.2, 0) is 20.8 Å². The molecule has 1 aliphatic heterocycles. The molecule has 0 bridgehead atoms. The number of hydrogen-bond donors (Lipinski definition) is 5. The first-order valence-electron chi connectivity index (χ1n) is 17.3. The highest BCUT2D eigenvalue weighted by Gasteiger charge is 2.38. The number of nitrogens with two attached hydrogens (primary N) is 1. The number of β-amino-alcohol motifs (C(OH)–C–C–N with tert-alkyl or cyclic N) is 1. The van der Waals surface area contributed by atoms with E-state index in [1.807, 2.05) is 68.1 Å². The van der Waals surface area contributed by atoms with E-state index in [-0.39, 0.29) is 29.8 Å². The van der Waals surface area contributed by atoms with E-state index >= 15 is 0 Å². The zero-order valence-corrected chi connectivity index (χ0v) is 30.4. The van der Waals surface area contributed by atoms with Crippen molar-refractivity contribution in [3.05, 3.63) is 96.4 Å². The molecule has 4 unspecified atom stereocenters. The van der Waals surface area contributed by atoms with Crippen molar-refractivity contribution in [3.8, 4) is 0 Å². The molecule has 4 amide bonds. The van der Waals surface area contributed by atoms with Gasteiger partial charge in [-0.05, 0) is 63.8 Å². The quantitative estimate of drug-likeness (QED) is 0.121. The summed E-state index contributed by atoms with van der Waals surface area (Å²) in [5, 5.41) is 22.0. The van der Waals surface area contributed by atoms with Crippen LogP contribution in [0.2, 0.25) is 0 Å². The number of aliphatic hydroxyl groups is 1. The number of thioether (sulfide) groups is 1. The van der Waals surface area contributed by atoms with Crippen molar-refractivity contribution >= 4 is 46.3 Å². The first kappa shape index (κ1) is 38.3. The van der Waals surface area contributed by atoms with Gasteiger partial charge in [0, 0.05) is 41.7 Å². The largest absolute Gasteiger partial charge is 0.390 e. The highest BCUT2D eigenvalue weighted by atomic mass is 32.2. The Kier molecular flexibility index (Phi) is 12.9. The molecule has 0 radical (unpaired) electrons. The third kappa shape index (κ3) is 11.0. The number of hydrogen-bond acceptors (Lipinski definition) is 10. The smallest absolute Gasteiger partial charge is 0.270 e. The van der Waals surface area contributed by atoms with Gasteiger partial charge < -0.3 is 26.8 Å². The second kappa shape index (κ2) is 17.5. The molecule has 2 aromatic carbocycles. The summed E-state index contributed by atoms with van der Waals surface area (Å²) in [5.41, 5.74) is 6.56. The van der Waals surface area contributed by atoms with E-state index in [4.69, 9.17) is 5.73 Å². The lowest BCUT2D eigenvalue weighted by molar-refractivity contribution is -0.130. The van der Waals surface area contributed by atoms with E-state index in [1.165, 1.54) is 11.8 Å². The van der Waals surface area contributed by atoms with Gasteiger partial charge in [-0.2, -0.15) is 0 Å². The van der Waals surface area contributed by atoms with Gasteiger partial charge in [0.1, 0.15) is 11.7 Å². The summed E-state index contributed by atoms with van der Waals surface area (Å²) in [7, 11) is 0. The molecule has 5 atom stereocenters. The van der Waals surface area contributed by atoms with E-state index in [0.29, 0.717) is 23.6 Å². The molecular formula is C38H46N8O5S. The number of benzene rings is 2. The average molecular weight is 727 g/mol. The van der Waals surface area contributed by atoms with Crippen LogP contribution in [0.3, 0.4) is 0 Å². The van der Waals surface area contributed by atoms with Gasteiger partial charge in [0.2, 0.25) is 17.7 Å². The molecule has 1 saturated heterocycles. The Morgan fingerprint density at radius 3 is 2.38 bits per heavy atom. The SMILES string of the molecule is CC(C)(C)NC(=O)C1C[C@H](Sc2ncccn2)CCN1CC(O)C(Cc1ccccc1)NC(=O)C(CC(N)=O)NC(=O)c1ccc2ccccc2n1. The van der Waals surface area contributed by atoms with E-state index in [2.05, 4.69) is 30.9 Å². The summed E-state index contributed by atoms with van der Waals surface area (Å²) in [6, 6.07) is 19.0. The Hall–Kier alpha value is -4.92. The Balaban J connectivity index is 1.34. The van der Waals surface area contributed by atoms with Crippen LogP contribution in [-0.4, -0.2) is 96.7 Å². The zero-order valence-electron chi connectivity index (χ0n) is 29.6. The van der Waals surface area contributed by atoms with Gasteiger partial charge in [0.25, 0.3) is 5.91 Å². The number of nitrogens with one attached hydrogen (secondary N) is 3. The molecule has 2 aromatic heterocycles. The lowest BCUT2D eigenvalue weighted by Crippen LogP contribution is -2.60. The average Bonchev–Trinajstić information content (AvgIpc) is 3.11. The zero-order chi connectivity index (χ0) is 37.3. The molecule has 5 rings (SSSR count). The number of nitrogens with zero attached hydrogens (tertiary/aromatic N) is 4. The summed E-state index contributed by atoms with van der Waals surface area (Å²) in [6.45, 7) is 6.33. The van der Waals surface area contributed by atoms with Gasteiger partial charge in [0.05, 0.1) is 30.1 Å². The monoisotopic (exact) mass is 726 g/mol. The Morgan fingerprint density at radius 1 is 0.962 bits per heavy atom. The fourth-order valence-corrected chi connectivity index (χ4v) is 7.21. The molecule has 0 spiro atoms. The van der Waals surface area contributed by atoms with Crippen molar-refractivity contribution in [2.24, 2.45) is 5.73 Å². The number of pyridine rings is 1. The normalized spacial score (nSPS) is 18.2. The second-order valence-corrected chi connectivity index (χ2v) is 15.3. The number of carbonyl (C=O) groups is 4. The lowest BCUT2D eigenvalue weighted by atomic mass is 9.96. The van der Waals surface area contributed by atoms with Gasteiger partial charge in [-0.1, -0.05) is 66.4 Å². The number of aliphatic hydroxyl groups excluding tert-OH is 1. The summed E-state index contributed by atoms with van der Waals surface area (Å²) >= 11 is 1.53. The maximum atomic E-state index is 13.8.